The van der Waals surface area contributed by atoms with Gasteiger partial charge in [0.1, 0.15) is 18.2 Å². The summed E-state index contributed by atoms with van der Waals surface area (Å²) in [6.45, 7) is 5.34. The molecule has 0 aromatic heterocycles. The number of hydrogen-bond donors (Lipinski definition) is 1. The van der Waals surface area contributed by atoms with Gasteiger partial charge in [-0.1, -0.05) is 21.6 Å². The lowest BCUT2D eigenvalue weighted by atomic mass is 10.2. The molecule has 0 aromatic rings. The molecular weight excluding hydrogens is 280 g/mol. The third kappa shape index (κ3) is 10.5. The Morgan fingerprint density at radius 2 is 2.06 bits per heavy atom. The second-order valence-electron chi connectivity index (χ2n) is 4.30. The Kier molecular flexibility index (Phi) is 8.12. The normalized spacial score (nSPS) is 12.9. The quantitative estimate of drug-likeness (QED) is 0.235. The van der Waals surface area contributed by atoms with Crippen molar-refractivity contribution < 1.29 is 19.5 Å². The van der Waals surface area contributed by atoms with Gasteiger partial charge in [0.15, 0.2) is 0 Å². The molecule has 106 valence electrons. The molecule has 1 atom stereocenters. The summed E-state index contributed by atoms with van der Waals surface area (Å²) in [6, 6.07) is -0.696. The molecule has 0 bridgehead atoms. The van der Waals surface area contributed by atoms with Gasteiger partial charge in [-0.05, 0) is 20.8 Å². The van der Waals surface area contributed by atoms with Crippen LogP contribution in [-0.2, 0) is 14.4 Å². The molecule has 0 spiro atoms. The van der Waals surface area contributed by atoms with Gasteiger partial charge in [-0.3, -0.25) is 4.79 Å². The van der Waals surface area contributed by atoms with Crippen molar-refractivity contribution in [2.75, 3.05) is 18.1 Å². The molecule has 0 amide bonds. The molecule has 0 heterocycles. The Balaban J connectivity index is 3.61. The summed E-state index contributed by atoms with van der Waals surface area (Å²) in [6.07, 6.45) is 0. The zero-order chi connectivity index (χ0) is 14.2. The molecule has 0 rings (SSSR count). The summed E-state index contributed by atoms with van der Waals surface area (Å²) >= 11 is 0. The molecule has 2 N–H and O–H groups in total. The van der Waals surface area contributed by atoms with Gasteiger partial charge in [-0.2, -0.15) is 0 Å². The first-order valence-electron chi connectivity index (χ1n) is 5.22. The van der Waals surface area contributed by atoms with Crippen LogP contribution in [0.4, 0.5) is 0 Å². The number of esters is 1. The molecule has 0 aromatic carbocycles. The summed E-state index contributed by atoms with van der Waals surface area (Å²) in [5.41, 5.74) is 5.09. The lowest BCUT2D eigenvalue weighted by molar-refractivity contribution is -0.756. The van der Waals surface area contributed by atoms with Gasteiger partial charge >= 0.3 is 5.97 Å². The van der Waals surface area contributed by atoms with Crippen LogP contribution < -0.4 is 5.73 Å². The molecule has 1 unspecified atom stereocenters. The van der Waals surface area contributed by atoms with Crippen LogP contribution in [0.15, 0.2) is 0 Å². The van der Waals surface area contributed by atoms with Crippen molar-refractivity contribution in [3.05, 3.63) is 10.1 Å². The number of hydrogen-bond acceptors (Lipinski definition) is 8. The molecule has 18 heavy (non-hydrogen) atoms. The van der Waals surface area contributed by atoms with E-state index in [0.717, 1.165) is 0 Å². The van der Waals surface area contributed by atoms with Gasteiger partial charge in [-0.15, -0.1) is 10.1 Å². The maximum absolute atomic E-state index is 11.5. The Hall–Kier alpha value is -0.670. The first-order valence-corrected chi connectivity index (χ1v) is 7.71. The number of nitrogens with zero attached hydrogens (tertiary/aromatic N) is 1. The summed E-state index contributed by atoms with van der Waals surface area (Å²) in [4.78, 5) is 25.5. The van der Waals surface area contributed by atoms with E-state index in [2.05, 4.69) is 4.84 Å². The highest BCUT2D eigenvalue weighted by Gasteiger charge is 2.21. The fourth-order valence-electron chi connectivity index (χ4n) is 0.772. The molecule has 9 heteroatoms. The first kappa shape index (κ1) is 17.3. The van der Waals surface area contributed by atoms with Crippen molar-refractivity contribution in [2.45, 2.75) is 32.4 Å². The number of nitrogens with two attached hydrogens (primary N) is 1. The molecule has 0 aliphatic rings. The Morgan fingerprint density at radius 1 is 1.44 bits per heavy atom. The molecule has 0 aliphatic carbocycles. The SMILES string of the molecule is CC(C)(C)OC(=O)C(N)CSSCCO[N+](=O)[O-]. The van der Waals surface area contributed by atoms with Crippen LogP contribution in [0, 0.1) is 10.1 Å². The third-order valence-electron chi connectivity index (χ3n) is 1.40. The minimum atomic E-state index is -0.836. The summed E-state index contributed by atoms with van der Waals surface area (Å²) in [7, 11) is 2.71. The van der Waals surface area contributed by atoms with Gasteiger partial charge in [-0.25, -0.2) is 0 Å². The van der Waals surface area contributed by atoms with Crippen molar-refractivity contribution in [3.8, 4) is 0 Å². The minimum absolute atomic E-state index is 0.0202. The van der Waals surface area contributed by atoms with Crippen molar-refractivity contribution in [1.82, 2.24) is 0 Å². The van der Waals surface area contributed by atoms with Crippen molar-refractivity contribution in [3.63, 3.8) is 0 Å². The van der Waals surface area contributed by atoms with Gasteiger partial charge < -0.3 is 15.3 Å². The molecule has 0 aliphatic heterocycles. The molecule has 0 saturated carbocycles. The molecule has 0 fully saturated rings. The highest BCUT2D eigenvalue weighted by molar-refractivity contribution is 8.76. The molecule has 0 saturated heterocycles. The van der Waals surface area contributed by atoms with E-state index in [1.807, 2.05) is 0 Å². The first-order chi connectivity index (χ1) is 8.22. The van der Waals surface area contributed by atoms with E-state index in [1.165, 1.54) is 21.6 Å². The van der Waals surface area contributed by atoms with E-state index in [4.69, 9.17) is 10.5 Å². The maximum atomic E-state index is 11.5. The predicted octanol–water partition coefficient (Wildman–Crippen LogP) is 1.25. The summed E-state index contributed by atoms with van der Waals surface area (Å²) < 4.78 is 5.11. The second kappa shape index (κ2) is 8.44. The van der Waals surface area contributed by atoms with Gasteiger partial charge in [0.05, 0.1) is 0 Å². The van der Waals surface area contributed by atoms with Crippen LogP contribution in [0.25, 0.3) is 0 Å². The predicted molar refractivity (Wildman–Crippen MR) is 71.7 cm³/mol. The van der Waals surface area contributed by atoms with Crippen LogP contribution in [-0.4, -0.2) is 40.8 Å². The van der Waals surface area contributed by atoms with Gasteiger partial charge in [0.25, 0.3) is 5.09 Å². The van der Waals surface area contributed by atoms with E-state index < -0.39 is 22.7 Å². The van der Waals surface area contributed by atoms with Gasteiger partial charge in [0.2, 0.25) is 0 Å². The van der Waals surface area contributed by atoms with Crippen molar-refractivity contribution in [2.24, 2.45) is 5.73 Å². The maximum Gasteiger partial charge on any atom is 0.324 e. The highest BCUT2D eigenvalue weighted by atomic mass is 33.1. The number of carbonyl (C=O) groups is 1. The smallest absolute Gasteiger partial charge is 0.324 e. The number of ether oxygens (including phenoxy) is 1. The van der Waals surface area contributed by atoms with E-state index >= 15 is 0 Å². The van der Waals surface area contributed by atoms with Crippen LogP contribution >= 0.6 is 21.6 Å². The minimum Gasteiger partial charge on any atom is -0.459 e. The van der Waals surface area contributed by atoms with E-state index in [-0.39, 0.29) is 6.61 Å². The van der Waals surface area contributed by atoms with E-state index in [0.29, 0.717) is 11.5 Å². The highest BCUT2D eigenvalue weighted by Crippen LogP contribution is 2.22. The summed E-state index contributed by atoms with van der Waals surface area (Å²) in [5, 5.41) is 9.01. The standard InChI is InChI=1S/C9H18N2O5S2/c1-9(2,3)16-8(12)7(10)6-18-17-5-4-15-11(13)14/h7H,4-6,10H2,1-3H3. The third-order valence-corrected chi connectivity index (χ3v) is 3.81. The van der Waals surface area contributed by atoms with Crippen LogP contribution in [0.2, 0.25) is 0 Å². The fraction of sp³-hybridized carbons (Fsp3) is 0.889. The van der Waals surface area contributed by atoms with E-state index in [9.17, 15) is 14.9 Å². The molecule has 7 nitrogen and oxygen atoms in total. The average molecular weight is 298 g/mol. The zero-order valence-corrected chi connectivity index (χ0v) is 12.2. The van der Waals surface area contributed by atoms with Crippen molar-refractivity contribution in [1.29, 1.82) is 0 Å². The van der Waals surface area contributed by atoms with Gasteiger partial charge in [0, 0.05) is 11.5 Å². The lowest BCUT2D eigenvalue weighted by Gasteiger charge is -2.21. The lowest BCUT2D eigenvalue weighted by Crippen LogP contribution is -2.38. The Morgan fingerprint density at radius 3 is 2.56 bits per heavy atom. The topological polar surface area (TPSA) is 105 Å². The molecular formula is C9H18N2O5S2. The largest absolute Gasteiger partial charge is 0.459 e. The second-order valence-corrected chi connectivity index (χ2v) is 6.93. The zero-order valence-electron chi connectivity index (χ0n) is 10.6. The Labute approximate surface area is 114 Å². The Bertz CT molecular complexity index is 283. The van der Waals surface area contributed by atoms with Crippen LogP contribution in [0.5, 0.6) is 0 Å². The van der Waals surface area contributed by atoms with E-state index in [1.54, 1.807) is 20.8 Å². The fourth-order valence-corrected chi connectivity index (χ4v) is 2.70. The monoisotopic (exact) mass is 298 g/mol. The number of rotatable bonds is 8. The summed E-state index contributed by atoms with van der Waals surface area (Å²) in [5.74, 6) is 0.391. The van der Waals surface area contributed by atoms with Crippen LogP contribution in [0.1, 0.15) is 20.8 Å². The number of carbonyl (C=O) groups excluding carboxylic acids is 1. The molecule has 0 radical (unpaired) electrons. The average Bonchev–Trinajstić information content (AvgIpc) is 2.19. The van der Waals surface area contributed by atoms with Crippen molar-refractivity contribution >= 4 is 27.6 Å². The van der Waals surface area contributed by atoms with Crippen LogP contribution in [0.3, 0.4) is 0 Å².